The first-order chi connectivity index (χ1) is 28.6. The minimum Gasteiger partial charge on any atom is -0.506 e. The summed E-state index contributed by atoms with van der Waals surface area (Å²) in [4.78, 5) is 13.6. The van der Waals surface area contributed by atoms with Crippen LogP contribution >= 0.6 is 24.1 Å². The van der Waals surface area contributed by atoms with E-state index in [1.807, 2.05) is 6.92 Å². The number of ether oxygens (including phenoxy) is 2. The Hall–Kier alpha value is -6.17. The van der Waals surface area contributed by atoms with Gasteiger partial charge in [0.25, 0.3) is 5.91 Å². The number of methoxy groups -OCH3 is 2. The average Bonchev–Trinajstić information content (AvgIpc) is 3.24. The van der Waals surface area contributed by atoms with Gasteiger partial charge in [-0.05, 0) is 96.7 Å². The third-order valence-corrected chi connectivity index (χ3v) is 9.42. The number of hydrogen-bond donors (Lipinski definition) is 6. The average molecular weight is 904 g/mol. The maximum atomic E-state index is 12.8. The number of carbonyl (C=O) groups is 1. The Morgan fingerprint density at radius 3 is 1.97 bits per heavy atom. The van der Waals surface area contributed by atoms with E-state index in [0.29, 0.717) is 73.0 Å². The van der Waals surface area contributed by atoms with E-state index in [4.69, 9.17) is 25.7 Å². The summed E-state index contributed by atoms with van der Waals surface area (Å²) >= 11 is 1.34. The van der Waals surface area contributed by atoms with E-state index >= 15 is 0 Å². The second-order valence-corrected chi connectivity index (χ2v) is 13.5. The van der Waals surface area contributed by atoms with Crippen LogP contribution in [0.3, 0.4) is 0 Å². The Balaban J connectivity index is 0.00000683. The molecule has 0 aliphatic heterocycles. The van der Waals surface area contributed by atoms with E-state index in [-0.39, 0.29) is 62.2 Å². The molecule has 60 heavy (non-hydrogen) atoms. The quantitative estimate of drug-likeness (QED) is 0.0132. The fraction of sp³-hybridized carbons (Fsp3) is 0.0789. The molecule has 0 saturated heterocycles. The molecule has 1 amide bonds. The molecule has 6 aromatic carbocycles. The van der Waals surface area contributed by atoms with E-state index in [2.05, 4.69) is 54.7 Å². The summed E-state index contributed by atoms with van der Waals surface area (Å²) in [5, 5.41) is 75.9. The molecule has 0 aliphatic rings. The number of fused-ring (bicyclic) bond motifs is 1. The van der Waals surface area contributed by atoms with Crippen LogP contribution in [-0.4, -0.2) is 40.9 Å². The topological polar surface area (TPSA) is 266 Å². The van der Waals surface area contributed by atoms with Crippen LogP contribution in [-0.2, 0) is 35.8 Å². The smallest absolute Gasteiger partial charge is 0.255 e. The van der Waals surface area contributed by atoms with Crippen LogP contribution in [0.5, 0.6) is 23.0 Å². The molecular weight excluding hydrogens is 872 g/mol. The number of phenols is 2. The first-order valence-electron chi connectivity index (χ1n) is 16.8. The van der Waals surface area contributed by atoms with Crippen molar-refractivity contribution in [3.63, 3.8) is 0 Å². The zero-order valence-corrected chi connectivity index (χ0v) is 33.8. The zero-order valence-electron chi connectivity index (χ0n) is 31.3. The van der Waals surface area contributed by atoms with Crippen molar-refractivity contribution in [3.05, 3.63) is 108 Å². The summed E-state index contributed by atoms with van der Waals surface area (Å²) in [6.45, 7) is 1.81. The number of anilines is 2. The number of nitrogen functional groups attached to an aromatic ring is 1. The molecule has 0 bridgehead atoms. The Kier molecular flexibility index (Phi) is 15.9. The van der Waals surface area contributed by atoms with Crippen molar-refractivity contribution in [2.45, 2.75) is 16.7 Å². The molecule has 0 aromatic heterocycles. The summed E-state index contributed by atoms with van der Waals surface area (Å²) in [7, 11) is 2.86. The number of aromatic hydroxyl groups is 2. The molecule has 1 radical (unpaired) electrons. The molecule has 0 fully saturated rings. The Morgan fingerprint density at radius 2 is 1.30 bits per heavy atom. The number of amides is 1. The van der Waals surface area contributed by atoms with Gasteiger partial charge in [0.05, 0.1) is 54.6 Å². The van der Waals surface area contributed by atoms with Crippen molar-refractivity contribution < 1.29 is 70.8 Å². The molecule has 0 atom stereocenters. The van der Waals surface area contributed by atoms with E-state index in [0.717, 1.165) is 12.0 Å². The number of hydrogen-bond acceptors (Lipinski definition) is 20. The number of nitrogens with one attached hydrogen (secondary N) is 1. The second kappa shape index (κ2) is 21.2. The molecule has 7 N–H and O–H groups in total. The molecular formula is C38H32CuN8O11S2. The summed E-state index contributed by atoms with van der Waals surface area (Å²) in [6.07, 6.45) is 0. The van der Waals surface area contributed by atoms with Crippen molar-refractivity contribution in [2.24, 2.45) is 30.7 Å². The maximum Gasteiger partial charge on any atom is 0.255 e. The zero-order chi connectivity index (χ0) is 41.9. The van der Waals surface area contributed by atoms with Gasteiger partial charge in [-0.15, -0.1) is 29.1 Å². The molecule has 19 nitrogen and oxygen atoms in total. The van der Waals surface area contributed by atoms with Crippen LogP contribution in [0.25, 0.3) is 10.8 Å². The summed E-state index contributed by atoms with van der Waals surface area (Å²) in [5.41, 5.74) is 9.18. The monoisotopic (exact) mass is 903 g/mol. The Labute approximate surface area is 359 Å². The standard InChI is InChI=1S/C38H32N8O11S2.Cu/c1-20-14-30(33(52-2)18-28(20)42-41-24-8-11-26(12-9-24)58-56-54-50)44-45-31-17-32(47)29(19-34(31)53-3)43-46-36-35(59-57-55-51)16-22-15-25(10-13-27(22)37(36)48)40-38(49)21-4-6-23(39)7-5-21;/h4-19,47-48,50-51H,39H2,1-3H3,(H,40,49);. The van der Waals surface area contributed by atoms with Crippen molar-refractivity contribution >= 4 is 86.3 Å². The van der Waals surface area contributed by atoms with Crippen molar-refractivity contribution in [1.82, 2.24) is 0 Å². The first-order valence-corrected chi connectivity index (χ1v) is 18.3. The number of phenolic OH excluding ortho intramolecular Hbond substituents is 2. The van der Waals surface area contributed by atoms with Gasteiger partial charge >= 0.3 is 0 Å². The molecule has 313 valence electrons. The molecule has 0 aliphatic carbocycles. The van der Waals surface area contributed by atoms with Crippen LogP contribution in [0, 0.1) is 6.92 Å². The molecule has 6 rings (SSSR count). The van der Waals surface area contributed by atoms with Gasteiger partial charge in [-0.2, -0.15) is 10.2 Å². The van der Waals surface area contributed by atoms with Crippen LogP contribution in [0.15, 0.2) is 138 Å². The van der Waals surface area contributed by atoms with Crippen molar-refractivity contribution in [3.8, 4) is 23.0 Å². The number of rotatable bonds is 16. The van der Waals surface area contributed by atoms with Crippen LogP contribution in [0.4, 0.5) is 45.5 Å². The van der Waals surface area contributed by atoms with Crippen LogP contribution in [0.1, 0.15) is 15.9 Å². The van der Waals surface area contributed by atoms with Gasteiger partial charge in [0.2, 0.25) is 0 Å². The SMILES string of the molecule is COc1cc(N=Nc2ccc(SOOO)cc2)c(C)cc1N=Nc1cc(O)c(N=Nc2c(SOOO)cc3cc(NC(=O)c4ccc(N)cc4)ccc3c2O)cc1OC.[Cu]. The fourth-order valence-corrected chi connectivity index (χ4v) is 6.16. The largest absolute Gasteiger partial charge is 0.506 e. The molecule has 6 aromatic rings. The molecule has 0 heterocycles. The Morgan fingerprint density at radius 1 is 0.683 bits per heavy atom. The summed E-state index contributed by atoms with van der Waals surface area (Å²) in [6, 6.07) is 25.6. The van der Waals surface area contributed by atoms with Gasteiger partial charge < -0.3 is 30.7 Å². The minimum atomic E-state index is -0.375. The van der Waals surface area contributed by atoms with E-state index < -0.39 is 0 Å². The molecule has 0 saturated carbocycles. The van der Waals surface area contributed by atoms with Gasteiger partial charge in [0.15, 0.2) is 5.75 Å². The predicted molar refractivity (Wildman–Crippen MR) is 217 cm³/mol. The number of nitrogens with two attached hydrogens (primary N) is 1. The first kappa shape index (κ1) is 44.9. The van der Waals surface area contributed by atoms with Gasteiger partial charge in [-0.25, -0.2) is 10.5 Å². The number of carbonyl (C=O) groups excluding carboxylic acids is 1. The van der Waals surface area contributed by atoms with Crippen LogP contribution < -0.4 is 20.5 Å². The molecule has 0 unspecified atom stereocenters. The second-order valence-electron chi connectivity index (χ2n) is 12.0. The fourth-order valence-electron chi connectivity index (χ4n) is 5.31. The third-order valence-electron chi connectivity index (χ3n) is 8.20. The minimum absolute atomic E-state index is 0. The van der Waals surface area contributed by atoms with Gasteiger partial charge in [-0.3, -0.25) is 4.79 Å². The third kappa shape index (κ3) is 11.1. The van der Waals surface area contributed by atoms with Crippen LogP contribution in [0.2, 0.25) is 0 Å². The van der Waals surface area contributed by atoms with Gasteiger partial charge in [0, 0.05) is 62.5 Å². The maximum absolute atomic E-state index is 12.8. The Bertz CT molecular complexity index is 2570. The molecule has 22 heteroatoms. The predicted octanol–water partition coefficient (Wildman–Crippen LogP) is 11.5. The van der Waals surface area contributed by atoms with E-state index in [1.54, 1.807) is 84.9 Å². The van der Waals surface area contributed by atoms with Crippen molar-refractivity contribution in [1.29, 1.82) is 0 Å². The number of aryl methyl sites for hydroxylation is 1. The van der Waals surface area contributed by atoms with Gasteiger partial charge in [0.1, 0.15) is 40.0 Å². The molecule has 0 spiro atoms. The summed E-state index contributed by atoms with van der Waals surface area (Å²) in [5.74, 6) is -0.540. The van der Waals surface area contributed by atoms with Crippen molar-refractivity contribution in [2.75, 3.05) is 25.3 Å². The van der Waals surface area contributed by atoms with E-state index in [9.17, 15) is 15.0 Å². The normalized spacial score (nSPS) is 11.4. The van der Waals surface area contributed by atoms with E-state index in [1.165, 1.54) is 26.4 Å². The number of nitrogens with zero attached hydrogens (tertiary/aromatic N) is 6. The summed E-state index contributed by atoms with van der Waals surface area (Å²) < 4.78 is 20.1. The van der Waals surface area contributed by atoms with Gasteiger partial charge in [-0.1, -0.05) is 10.1 Å². The number of benzene rings is 6. The number of azo groups is 3.